The number of rotatable bonds is 7. The van der Waals surface area contributed by atoms with Crippen molar-refractivity contribution in [2.24, 2.45) is 5.92 Å². The molecule has 1 unspecified atom stereocenters. The first-order chi connectivity index (χ1) is 12.0. The quantitative estimate of drug-likeness (QED) is 0.638. The molecule has 3 aromatic heterocycles. The average molecular weight is 346 g/mol. The van der Waals surface area contributed by atoms with Gasteiger partial charge in [-0.05, 0) is 19.8 Å². The second-order valence-corrected chi connectivity index (χ2v) is 6.42. The van der Waals surface area contributed by atoms with Crippen molar-refractivity contribution >= 4 is 16.9 Å². The van der Waals surface area contributed by atoms with E-state index in [1.807, 2.05) is 25.8 Å². The molecule has 0 aromatic carbocycles. The van der Waals surface area contributed by atoms with Crippen molar-refractivity contribution < 1.29 is 13.8 Å². The highest BCUT2D eigenvalue weighted by atomic mass is 16.5. The van der Waals surface area contributed by atoms with Crippen LogP contribution in [0.1, 0.15) is 44.3 Å². The SMILES string of the molecule is Cc1noc2ncnc(N(C)Cc3nc(C(C)OCC(C)C)no3)c12. The van der Waals surface area contributed by atoms with Gasteiger partial charge in [-0.15, -0.1) is 0 Å². The number of hydrogen-bond acceptors (Lipinski definition) is 9. The molecule has 0 saturated carbocycles. The van der Waals surface area contributed by atoms with Crippen molar-refractivity contribution in [1.29, 1.82) is 0 Å². The van der Waals surface area contributed by atoms with Crippen molar-refractivity contribution in [2.45, 2.75) is 40.3 Å². The average Bonchev–Trinajstić information content (AvgIpc) is 3.20. The Labute approximate surface area is 145 Å². The van der Waals surface area contributed by atoms with Gasteiger partial charge in [-0.25, -0.2) is 4.98 Å². The molecule has 25 heavy (non-hydrogen) atoms. The molecule has 3 aromatic rings. The van der Waals surface area contributed by atoms with Gasteiger partial charge in [0.05, 0.1) is 12.2 Å². The molecular formula is C16H22N6O3. The van der Waals surface area contributed by atoms with Crippen LogP contribution in [0.15, 0.2) is 15.4 Å². The Balaban J connectivity index is 1.73. The number of aromatic nitrogens is 5. The first-order valence-electron chi connectivity index (χ1n) is 8.18. The summed E-state index contributed by atoms with van der Waals surface area (Å²) in [7, 11) is 1.89. The van der Waals surface area contributed by atoms with Gasteiger partial charge in [0.15, 0.2) is 5.82 Å². The molecule has 0 radical (unpaired) electrons. The number of nitrogens with zero attached hydrogens (tertiary/aromatic N) is 6. The van der Waals surface area contributed by atoms with Crippen molar-refractivity contribution in [3.05, 3.63) is 23.7 Å². The van der Waals surface area contributed by atoms with Crippen LogP contribution in [0.5, 0.6) is 0 Å². The predicted octanol–water partition coefficient (Wildman–Crippen LogP) is 2.68. The molecule has 3 rings (SSSR count). The maximum Gasteiger partial charge on any atom is 0.263 e. The molecule has 9 nitrogen and oxygen atoms in total. The lowest BCUT2D eigenvalue weighted by Crippen LogP contribution is -2.18. The van der Waals surface area contributed by atoms with E-state index in [-0.39, 0.29) is 6.10 Å². The van der Waals surface area contributed by atoms with Crippen molar-refractivity contribution in [3.8, 4) is 0 Å². The molecule has 0 fully saturated rings. The Bertz CT molecular complexity index is 843. The van der Waals surface area contributed by atoms with Crippen LogP contribution in [0.4, 0.5) is 5.82 Å². The Kier molecular flexibility index (Phi) is 4.93. The molecule has 3 heterocycles. The van der Waals surface area contributed by atoms with Gasteiger partial charge in [-0.2, -0.15) is 9.97 Å². The van der Waals surface area contributed by atoms with E-state index in [0.717, 1.165) is 11.1 Å². The number of ether oxygens (including phenoxy) is 1. The van der Waals surface area contributed by atoms with Crippen LogP contribution in [0.3, 0.4) is 0 Å². The maximum atomic E-state index is 5.72. The molecule has 0 bridgehead atoms. The molecule has 1 atom stereocenters. The third kappa shape index (κ3) is 3.76. The van der Waals surface area contributed by atoms with Crippen molar-refractivity contribution in [1.82, 2.24) is 25.3 Å². The van der Waals surface area contributed by atoms with E-state index in [1.54, 1.807) is 0 Å². The summed E-state index contributed by atoms with van der Waals surface area (Å²) in [6.45, 7) is 9.01. The molecule has 0 aliphatic rings. The van der Waals surface area contributed by atoms with Gasteiger partial charge in [-0.3, -0.25) is 0 Å². The summed E-state index contributed by atoms with van der Waals surface area (Å²) >= 11 is 0. The van der Waals surface area contributed by atoms with Gasteiger partial charge in [0.1, 0.15) is 23.6 Å². The maximum absolute atomic E-state index is 5.72. The lowest BCUT2D eigenvalue weighted by Gasteiger charge is -2.15. The molecule has 0 aliphatic carbocycles. The smallest absolute Gasteiger partial charge is 0.263 e. The number of aryl methyl sites for hydroxylation is 1. The number of fused-ring (bicyclic) bond motifs is 1. The topological polar surface area (TPSA) is 103 Å². The highest BCUT2D eigenvalue weighted by molar-refractivity contribution is 5.87. The van der Waals surface area contributed by atoms with Crippen LogP contribution < -0.4 is 4.90 Å². The van der Waals surface area contributed by atoms with E-state index >= 15 is 0 Å². The molecule has 0 N–H and O–H groups in total. The van der Waals surface area contributed by atoms with Crippen LogP contribution in [-0.2, 0) is 11.3 Å². The van der Waals surface area contributed by atoms with Crippen LogP contribution >= 0.6 is 0 Å². The van der Waals surface area contributed by atoms with Gasteiger partial charge >= 0.3 is 0 Å². The molecule has 134 valence electrons. The summed E-state index contributed by atoms with van der Waals surface area (Å²) in [5, 5.41) is 8.72. The van der Waals surface area contributed by atoms with E-state index in [2.05, 4.69) is 39.1 Å². The summed E-state index contributed by atoms with van der Waals surface area (Å²) in [6.07, 6.45) is 1.23. The highest BCUT2D eigenvalue weighted by Gasteiger charge is 2.19. The third-order valence-electron chi connectivity index (χ3n) is 3.68. The number of hydrogen-bond donors (Lipinski definition) is 0. The van der Waals surface area contributed by atoms with Gasteiger partial charge in [-0.1, -0.05) is 24.2 Å². The van der Waals surface area contributed by atoms with E-state index < -0.39 is 0 Å². The fourth-order valence-corrected chi connectivity index (χ4v) is 2.38. The second kappa shape index (κ2) is 7.14. The zero-order valence-corrected chi connectivity index (χ0v) is 15.1. The minimum Gasteiger partial charge on any atom is -0.370 e. The molecule has 0 spiro atoms. The zero-order valence-electron chi connectivity index (χ0n) is 15.1. The Morgan fingerprint density at radius 1 is 1.16 bits per heavy atom. The summed E-state index contributed by atoms with van der Waals surface area (Å²) in [4.78, 5) is 14.7. The zero-order chi connectivity index (χ0) is 18.0. The van der Waals surface area contributed by atoms with Crippen molar-refractivity contribution in [2.75, 3.05) is 18.6 Å². The summed E-state index contributed by atoms with van der Waals surface area (Å²) in [5.74, 6) is 2.18. The first kappa shape index (κ1) is 17.3. The van der Waals surface area contributed by atoms with Gasteiger partial charge < -0.3 is 18.7 Å². The monoisotopic (exact) mass is 346 g/mol. The van der Waals surface area contributed by atoms with E-state index in [4.69, 9.17) is 13.8 Å². The largest absolute Gasteiger partial charge is 0.370 e. The molecule has 0 amide bonds. The van der Waals surface area contributed by atoms with Crippen LogP contribution in [0.2, 0.25) is 0 Å². The predicted molar refractivity (Wildman–Crippen MR) is 89.9 cm³/mol. The molecule has 9 heteroatoms. The highest BCUT2D eigenvalue weighted by Crippen LogP contribution is 2.26. The summed E-state index contributed by atoms with van der Waals surface area (Å²) in [5.41, 5.74) is 1.19. The van der Waals surface area contributed by atoms with E-state index in [9.17, 15) is 0 Å². The van der Waals surface area contributed by atoms with E-state index in [1.165, 1.54) is 6.33 Å². The van der Waals surface area contributed by atoms with Crippen molar-refractivity contribution in [3.63, 3.8) is 0 Å². The normalized spacial score (nSPS) is 12.9. The lowest BCUT2D eigenvalue weighted by atomic mass is 10.2. The summed E-state index contributed by atoms with van der Waals surface area (Å²) < 4.78 is 16.2. The minimum absolute atomic E-state index is 0.212. The lowest BCUT2D eigenvalue weighted by molar-refractivity contribution is 0.0402. The van der Waals surface area contributed by atoms with Crippen LogP contribution in [0, 0.1) is 12.8 Å². The van der Waals surface area contributed by atoms with E-state index in [0.29, 0.717) is 42.3 Å². The van der Waals surface area contributed by atoms with Gasteiger partial charge in [0.2, 0.25) is 5.89 Å². The Morgan fingerprint density at radius 2 is 1.96 bits per heavy atom. The Morgan fingerprint density at radius 3 is 2.72 bits per heavy atom. The van der Waals surface area contributed by atoms with Gasteiger partial charge in [0.25, 0.3) is 5.71 Å². The summed E-state index contributed by atoms with van der Waals surface area (Å²) in [6, 6.07) is 0. The molecule has 0 aliphatic heterocycles. The Hall–Kier alpha value is -2.55. The fraction of sp³-hybridized carbons (Fsp3) is 0.562. The first-order valence-corrected chi connectivity index (χ1v) is 8.18. The third-order valence-corrected chi connectivity index (χ3v) is 3.68. The minimum atomic E-state index is -0.212. The molecular weight excluding hydrogens is 324 g/mol. The fourth-order valence-electron chi connectivity index (χ4n) is 2.38. The van der Waals surface area contributed by atoms with Gasteiger partial charge in [0, 0.05) is 13.7 Å². The molecule has 0 saturated heterocycles. The van der Waals surface area contributed by atoms with Crippen LogP contribution in [-0.4, -0.2) is 38.9 Å². The second-order valence-electron chi connectivity index (χ2n) is 6.42. The number of anilines is 1. The standard InChI is InChI=1S/C16H22N6O3/c1-9(2)7-23-11(4)14-19-12(24-21-14)6-22(5)15-13-10(3)20-25-16(13)18-8-17-15/h8-9,11H,6-7H2,1-5H3. The van der Waals surface area contributed by atoms with Crippen LogP contribution in [0.25, 0.3) is 11.1 Å².